The molecule has 0 aliphatic carbocycles. The van der Waals surface area contributed by atoms with Gasteiger partial charge in [-0.15, -0.1) is 0 Å². The fraction of sp³-hybridized carbons (Fsp3) is 0.133. The molecule has 0 unspecified atom stereocenters. The molecule has 0 aliphatic rings. The van der Waals surface area contributed by atoms with Gasteiger partial charge in [0.25, 0.3) is 0 Å². The Kier molecular flexibility index (Phi) is 7.17. The van der Waals surface area contributed by atoms with Crippen LogP contribution in [-0.4, -0.2) is 16.2 Å². The molecule has 186 valence electrons. The summed E-state index contributed by atoms with van der Waals surface area (Å²) in [4.78, 5) is 11.1. The Bertz CT molecular complexity index is 1570. The van der Waals surface area contributed by atoms with E-state index in [2.05, 4.69) is 18.1 Å². The molecule has 0 saturated heterocycles. The van der Waals surface area contributed by atoms with Gasteiger partial charge < -0.3 is 14.4 Å². The Morgan fingerprint density at radius 2 is 1.59 bits per heavy atom. The van der Waals surface area contributed by atoms with Crippen LogP contribution < -0.4 is 4.74 Å². The lowest BCUT2D eigenvalue weighted by Gasteiger charge is -2.11. The number of carboxylic acid groups (broad SMARTS) is 1. The predicted octanol–water partition coefficient (Wildman–Crippen LogP) is 8.70. The summed E-state index contributed by atoms with van der Waals surface area (Å²) >= 11 is 12.9. The molecule has 7 heteroatoms. The van der Waals surface area contributed by atoms with Crippen LogP contribution in [0.25, 0.3) is 33.2 Å². The molecule has 5 aromatic rings. The van der Waals surface area contributed by atoms with E-state index in [4.69, 9.17) is 37.6 Å². The second kappa shape index (κ2) is 10.7. The molecule has 37 heavy (non-hydrogen) atoms. The van der Waals surface area contributed by atoms with Crippen molar-refractivity contribution < 1.29 is 19.2 Å². The summed E-state index contributed by atoms with van der Waals surface area (Å²) in [5, 5.41) is 16.5. The van der Waals surface area contributed by atoms with E-state index in [1.807, 2.05) is 42.5 Å². The first-order chi connectivity index (χ1) is 17.9. The van der Waals surface area contributed by atoms with Gasteiger partial charge in [0.15, 0.2) is 0 Å². The highest BCUT2D eigenvalue weighted by atomic mass is 35.5. The van der Waals surface area contributed by atoms with Crippen molar-refractivity contribution in [3.8, 4) is 28.1 Å². The van der Waals surface area contributed by atoms with E-state index < -0.39 is 5.97 Å². The fourth-order valence-electron chi connectivity index (χ4n) is 4.29. The predicted molar refractivity (Wildman–Crippen MR) is 147 cm³/mol. The molecule has 0 fully saturated rings. The standard InChI is InChI=1S/C30H23Cl2NO4/c1-2-4-27-24(29(33-37-27)28-25(31)5-3-6-26(28)32)17-36-23-14-13-21-15-20(11-12-22(21)16-23)18-7-9-19(10-8-18)30(34)35/h3,5-16H,2,4,17H2,1H3,(H,34,35). The van der Waals surface area contributed by atoms with Crippen LogP contribution in [0.1, 0.15) is 35.0 Å². The molecule has 4 aromatic carbocycles. The van der Waals surface area contributed by atoms with Crippen LogP contribution in [-0.2, 0) is 13.0 Å². The smallest absolute Gasteiger partial charge is 0.335 e. The molecule has 0 saturated carbocycles. The van der Waals surface area contributed by atoms with Crippen molar-refractivity contribution in [2.75, 3.05) is 0 Å². The van der Waals surface area contributed by atoms with E-state index in [0.717, 1.165) is 46.1 Å². The van der Waals surface area contributed by atoms with E-state index in [1.165, 1.54) is 0 Å². The van der Waals surface area contributed by atoms with Gasteiger partial charge in [-0.2, -0.15) is 0 Å². The number of halogens is 2. The number of nitrogens with zero attached hydrogens (tertiary/aromatic N) is 1. The first-order valence-corrected chi connectivity index (χ1v) is 12.6. The Hall–Kier alpha value is -3.80. The van der Waals surface area contributed by atoms with Crippen LogP contribution in [0.5, 0.6) is 5.75 Å². The highest BCUT2D eigenvalue weighted by Crippen LogP contribution is 2.38. The van der Waals surface area contributed by atoms with Crippen molar-refractivity contribution in [3.63, 3.8) is 0 Å². The zero-order valence-electron chi connectivity index (χ0n) is 20.0. The summed E-state index contributed by atoms with van der Waals surface area (Å²) in [6.45, 7) is 2.34. The first kappa shape index (κ1) is 24.9. The molecule has 5 nitrogen and oxygen atoms in total. The third kappa shape index (κ3) is 5.19. The minimum Gasteiger partial charge on any atom is -0.489 e. The Morgan fingerprint density at radius 1 is 0.919 bits per heavy atom. The molecular weight excluding hydrogens is 509 g/mol. The van der Waals surface area contributed by atoms with Crippen molar-refractivity contribution >= 4 is 39.9 Å². The minimum absolute atomic E-state index is 0.259. The lowest BCUT2D eigenvalue weighted by atomic mass is 10.00. The van der Waals surface area contributed by atoms with Gasteiger partial charge in [0.2, 0.25) is 0 Å². The summed E-state index contributed by atoms with van der Waals surface area (Å²) in [6, 6.07) is 24.2. The lowest BCUT2D eigenvalue weighted by Crippen LogP contribution is -2.00. The van der Waals surface area contributed by atoms with Gasteiger partial charge in [-0.05, 0) is 70.8 Å². The van der Waals surface area contributed by atoms with Gasteiger partial charge >= 0.3 is 5.97 Å². The molecule has 1 aromatic heterocycles. The van der Waals surface area contributed by atoms with E-state index in [9.17, 15) is 4.79 Å². The van der Waals surface area contributed by atoms with Crippen LogP contribution in [0, 0.1) is 0 Å². The number of aromatic carboxylic acids is 1. The minimum atomic E-state index is -0.937. The molecule has 0 bridgehead atoms. The second-order valence-electron chi connectivity index (χ2n) is 8.67. The third-order valence-corrected chi connectivity index (χ3v) is 6.84. The maximum absolute atomic E-state index is 11.1. The Morgan fingerprint density at radius 3 is 2.30 bits per heavy atom. The lowest BCUT2D eigenvalue weighted by molar-refractivity contribution is 0.0697. The Balaban J connectivity index is 1.40. The van der Waals surface area contributed by atoms with Gasteiger partial charge in [-0.3, -0.25) is 0 Å². The van der Waals surface area contributed by atoms with Crippen molar-refractivity contribution in [1.82, 2.24) is 5.16 Å². The highest BCUT2D eigenvalue weighted by Gasteiger charge is 2.22. The van der Waals surface area contributed by atoms with Gasteiger partial charge in [-0.25, -0.2) is 4.79 Å². The van der Waals surface area contributed by atoms with E-state index in [0.29, 0.717) is 27.1 Å². The molecule has 5 rings (SSSR count). The summed E-state index contributed by atoms with van der Waals surface area (Å²) in [6.07, 6.45) is 1.62. The van der Waals surface area contributed by atoms with Crippen LogP contribution in [0.4, 0.5) is 0 Å². The molecule has 0 amide bonds. The summed E-state index contributed by atoms with van der Waals surface area (Å²) in [5.74, 6) is 0.534. The largest absolute Gasteiger partial charge is 0.489 e. The zero-order chi connectivity index (χ0) is 25.9. The van der Waals surface area contributed by atoms with Gasteiger partial charge in [0.1, 0.15) is 23.8 Å². The maximum Gasteiger partial charge on any atom is 0.335 e. The number of hydrogen-bond donors (Lipinski definition) is 1. The molecule has 1 heterocycles. The van der Waals surface area contributed by atoms with Crippen molar-refractivity contribution in [2.24, 2.45) is 0 Å². The van der Waals surface area contributed by atoms with E-state index in [1.54, 1.807) is 30.3 Å². The summed E-state index contributed by atoms with van der Waals surface area (Å²) < 4.78 is 11.9. The van der Waals surface area contributed by atoms with Crippen LogP contribution in [0.2, 0.25) is 10.0 Å². The fourth-order valence-corrected chi connectivity index (χ4v) is 4.87. The third-order valence-electron chi connectivity index (χ3n) is 6.21. The maximum atomic E-state index is 11.1. The second-order valence-corrected chi connectivity index (χ2v) is 9.49. The quantitative estimate of drug-likeness (QED) is 0.216. The van der Waals surface area contributed by atoms with E-state index in [-0.39, 0.29) is 12.2 Å². The van der Waals surface area contributed by atoms with Crippen molar-refractivity contribution in [2.45, 2.75) is 26.4 Å². The van der Waals surface area contributed by atoms with Gasteiger partial charge in [0.05, 0.1) is 21.2 Å². The highest BCUT2D eigenvalue weighted by molar-refractivity contribution is 6.39. The molecule has 1 N–H and O–H groups in total. The number of hydrogen-bond acceptors (Lipinski definition) is 4. The van der Waals surface area contributed by atoms with Crippen LogP contribution in [0.15, 0.2) is 83.4 Å². The first-order valence-electron chi connectivity index (χ1n) is 11.9. The van der Waals surface area contributed by atoms with Gasteiger partial charge in [-0.1, -0.05) is 71.7 Å². The molecule has 0 aliphatic heterocycles. The topological polar surface area (TPSA) is 72.6 Å². The molecule has 0 atom stereocenters. The van der Waals surface area contributed by atoms with Gasteiger partial charge in [0, 0.05) is 12.0 Å². The number of fused-ring (bicyclic) bond motifs is 1. The molecule has 0 radical (unpaired) electrons. The average Bonchev–Trinajstić information content (AvgIpc) is 3.29. The number of carbonyl (C=O) groups is 1. The van der Waals surface area contributed by atoms with Crippen molar-refractivity contribution in [3.05, 3.63) is 106 Å². The number of carboxylic acids is 1. The van der Waals surface area contributed by atoms with E-state index >= 15 is 0 Å². The van der Waals surface area contributed by atoms with Crippen LogP contribution in [0.3, 0.4) is 0 Å². The zero-order valence-corrected chi connectivity index (χ0v) is 21.5. The number of benzene rings is 4. The van der Waals surface area contributed by atoms with Crippen molar-refractivity contribution in [1.29, 1.82) is 0 Å². The molecular formula is C30H23Cl2NO4. The normalized spacial score (nSPS) is 11.1. The molecule has 0 spiro atoms. The number of ether oxygens (including phenoxy) is 1. The van der Waals surface area contributed by atoms with Crippen LogP contribution >= 0.6 is 23.2 Å². The monoisotopic (exact) mass is 531 g/mol. The number of aromatic nitrogens is 1. The summed E-state index contributed by atoms with van der Waals surface area (Å²) in [7, 11) is 0. The Labute approximate surface area is 224 Å². The number of aryl methyl sites for hydroxylation is 1. The SMILES string of the molecule is CCCc1onc(-c2c(Cl)cccc2Cl)c1COc1ccc2cc(-c3ccc(C(=O)O)cc3)ccc2c1. The average molecular weight is 532 g/mol. The summed E-state index contributed by atoms with van der Waals surface area (Å²) in [5.41, 5.74) is 4.29. The number of rotatable bonds is 8.